The third-order valence-corrected chi connectivity index (χ3v) is 7.32. The van der Waals surface area contributed by atoms with Gasteiger partial charge in [-0.05, 0) is 58.1 Å². The van der Waals surface area contributed by atoms with E-state index in [9.17, 15) is 0 Å². The van der Waals surface area contributed by atoms with Crippen molar-refractivity contribution < 1.29 is 45.9 Å². The van der Waals surface area contributed by atoms with Crippen LogP contribution in [0.5, 0.6) is 0 Å². The second-order valence-corrected chi connectivity index (χ2v) is 11.7. The van der Waals surface area contributed by atoms with Crippen molar-refractivity contribution in [3.63, 3.8) is 0 Å². The number of benzene rings is 2. The Labute approximate surface area is 277 Å². The van der Waals surface area contributed by atoms with Gasteiger partial charge in [-0.15, -0.1) is 0 Å². The van der Waals surface area contributed by atoms with E-state index in [0.717, 1.165) is 38.4 Å². The molecule has 0 saturated carbocycles. The van der Waals surface area contributed by atoms with E-state index < -0.39 is 0 Å². The molecule has 0 fully saturated rings. The normalized spacial score (nSPS) is 11.0. The van der Waals surface area contributed by atoms with Gasteiger partial charge in [-0.1, -0.05) is 97.9 Å². The molecule has 0 unspecified atom stereocenters. The Hall–Kier alpha value is -1.58. The van der Waals surface area contributed by atoms with Gasteiger partial charge in [-0.2, -0.15) is 0 Å². The fraction of sp³-hybridized carbons (Fsp3) is 0.500. The molecule has 3 rings (SSSR count). The number of pyridine rings is 1. The molecular formula is C34H50Cl2N4Pt. The molecule has 0 saturated heterocycles. The first-order valence-electron chi connectivity index (χ1n) is 14.5. The number of hydrogen-bond acceptors (Lipinski definition) is 4. The first kappa shape index (κ1) is 39.4. The quantitative estimate of drug-likeness (QED) is 0.264. The molecule has 0 aliphatic carbocycles. The van der Waals surface area contributed by atoms with Crippen molar-refractivity contribution in [1.82, 2.24) is 9.88 Å². The third kappa shape index (κ3) is 11.6. The number of anilines is 2. The Morgan fingerprint density at radius 2 is 0.976 bits per heavy atom. The SMILES string of the molecule is CC(C)c1cccc(C(C)C)c1NCCN(CCNc1c(C(C)C)cccc1C(C)C)Cc1ccccn1.[Cl-].[Cl-].[Pt+2]. The molecule has 0 atom stereocenters. The minimum absolute atomic E-state index is 0. The van der Waals surface area contributed by atoms with Crippen LogP contribution in [0.2, 0.25) is 0 Å². The molecule has 2 aromatic carbocycles. The maximum absolute atomic E-state index is 4.62. The zero-order valence-corrected chi connectivity index (χ0v) is 29.9. The number of nitrogens with zero attached hydrogens (tertiary/aromatic N) is 2. The Morgan fingerprint density at radius 3 is 1.29 bits per heavy atom. The van der Waals surface area contributed by atoms with Crippen molar-refractivity contribution >= 4 is 11.4 Å². The third-order valence-electron chi connectivity index (χ3n) is 7.32. The summed E-state index contributed by atoms with van der Waals surface area (Å²) in [4.78, 5) is 7.13. The molecule has 0 radical (unpaired) electrons. The maximum Gasteiger partial charge on any atom is 2.00 e. The van der Waals surface area contributed by atoms with E-state index in [1.165, 1.54) is 33.6 Å². The van der Waals surface area contributed by atoms with Crippen LogP contribution in [0, 0.1) is 0 Å². The van der Waals surface area contributed by atoms with Gasteiger partial charge in [-0.25, -0.2) is 0 Å². The van der Waals surface area contributed by atoms with Gasteiger partial charge in [0.15, 0.2) is 0 Å². The smallest absolute Gasteiger partial charge is 1.00 e. The molecule has 230 valence electrons. The fourth-order valence-corrected chi connectivity index (χ4v) is 5.18. The Morgan fingerprint density at radius 1 is 0.585 bits per heavy atom. The van der Waals surface area contributed by atoms with Crippen LogP contribution in [-0.4, -0.2) is 36.1 Å². The average Bonchev–Trinajstić information content (AvgIpc) is 2.88. The predicted molar refractivity (Wildman–Crippen MR) is 166 cm³/mol. The molecule has 4 nitrogen and oxygen atoms in total. The predicted octanol–water partition coefficient (Wildman–Crippen LogP) is 2.61. The molecule has 3 aromatic rings. The molecule has 0 amide bonds. The molecule has 1 aromatic heterocycles. The number of rotatable bonds is 14. The summed E-state index contributed by atoms with van der Waals surface area (Å²) in [7, 11) is 0. The molecule has 41 heavy (non-hydrogen) atoms. The Bertz CT molecular complexity index is 1010. The van der Waals surface area contributed by atoms with E-state index in [-0.39, 0.29) is 45.9 Å². The molecule has 0 aliphatic rings. The monoisotopic (exact) mass is 779 g/mol. The number of aromatic nitrogens is 1. The van der Waals surface area contributed by atoms with Gasteiger partial charge >= 0.3 is 21.1 Å². The Kier molecular flexibility index (Phi) is 18.8. The molecule has 0 spiro atoms. The van der Waals surface area contributed by atoms with Gasteiger partial charge in [0.1, 0.15) is 0 Å². The summed E-state index contributed by atoms with van der Waals surface area (Å²) in [5, 5.41) is 7.67. The zero-order valence-electron chi connectivity index (χ0n) is 26.1. The van der Waals surface area contributed by atoms with Gasteiger partial charge in [0.2, 0.25) is 0 Å². The minimum atomic E-state index is 0. The largest absolute Gasteiger partial charge is 2.00 e. The number of halogens is 2. The van der Waals surface area contributed by atoms with Gasteiger partial charge in [0.05, 0.1) is 5.69 Å². The van der Waals surface area contributed by atoms with E-state index in [2.05, 4.69) is 124 Å². The van der Waals surface area contributed by atoms with Crippen LogP contribution in [0.25, 0.3) is 0 Å². The molecule has 2 N–H and O–H groups in total. The van der Waals surface area contributed by atoms with Crippen molar-refractivity contribution in [3.8, 4) is 0 Å². The first-order chi connectivity index (χ1) is 18.2. The van der Waals surface area contributed by atoms with E-state index in [1.54, 1.807) is 0 Å². The summed E-state index contributed by atoms with van der Waals surface area (Å²) in [5.41, 5.74) is 9.37. The van der Waals surface area contributed by atoms with E-state index >= 15 is 0 Å². The van der Waals surface area contributed by atoms with Crippen LogP contribution in [0.15, 0.2) is 60.8 Å². The summed E-state index contributed by atoms with van der Waals surface area (Å²) < 4.78 is 0. The maximum atomic E-state index is 4.62. The van der Waals surface area contributed by atoms with Crippen molar-refractivity contribution in [2.24, 2.45) is 0 Å². The zero-order chi connectivity index (χ0) is 27.7. The van der Waals surface area contributed by atoms with E-state index in [1.807, 2.05) is 12.3 Å². The van der Waals surface area contributed by atoms with Crippen molar-refractivity contribution in [1.29, 1.82) is 0 Å². The van der Waals surface area contributed by atoms with Crippen LogP contribution < -0.4 is 35.4 Å². The fourth-order valence-electron chi connectivity index (χ4n) is 5.18. The second-order valence-electron chi connectivity index (χ2n) is 11.7. The standard InChI is InChI=1S/C34H50N4.2ClH.Pt/c1-24(2)29-14-11-15-30(25(3)4)33(29)36-19-21-38(23-28-13-9-10-18-35-28)22-20-37-34-31(26(5)6)16-12-17-32(34)27(7)8;;;/h9-18,24-27,36-37H,19-23H2,1-8H3;2*1H;/q;;;+2/p-2. The van der Waals surface area contributed by atoms with Gasteiger partial charge in [0.25, 0.3) is 0 Å². The molecule has 0 aliphatic heterocycles. The van der Waals surface area contributed by atoms with Crippen LogP contribution >= 0.6 is 0 Å². The number of nitrogens with one attached hydrogen (secondary N) is 2. The summed E-state index contributed by atoms with van der Waals surface area (Å²) in [6.45, 7) is 22.8. The van der Waals surface area contributed by atoms with Gasteiger partial charge in [-0.3, -0.25) is 9.88 Å². The van der Waals surface area contributed by atoms with Crippen molar-refractivity contribution in [3.05, 3.63) is 88.7 Å². The van der Waals surface area contributed by atoms with Crippen molar-refractivity contribution in [2.75, 3.05) is 36.8 Å². The number of hydrogen-bond donors (Lipinski definition) is 2. The minimum Gasteiger partial charge on any atom is -1.00 e. The summed E-state index contributed by atoms with van der Waals surface area (Å²) in [5.74, 6) is 1.95. The Balaban J connectivity index is 0.00000533. The molecule has 7 heteroatoms. The topological polar surface area (TPSA) is 40.2 Å². The number of para-hydroxylation sites is 2. The molecule has 0 bridgehead atoms. The summed E-state index contributed by atoms with van der Waals surface area (Å²) >= 11 is 0. The summed E-state index contributed by atoms with van der Waals surface area (Å²) in [6, 6.07) is 19.7. The van der Waals surface area contributed by atoms with E-state index in [4.69, 9.17) is 0 Å². The molecular weight excluding hydrogens is 730 g/mol. The average molecular weight is 781 g/mol. The van der Waals surface area contributed by atoms with Gasteiger partial charge < -0.3 is 35.4 Å². The van der Waals surface area contributed by atoms with Crippen LogP contribution in [-0.2, 0) is 27.6 Å². The second kappa shape index (κ2) is 19.6. The van der Waals surface area contributed by atoms with Gasteiger partial charge in [0, 0.05) is 50.3 Å². The first-order valence-corrected chi connectivity index (χ1v) is 14.5. The van der Waals surface area contributed by atoms with Crippen LogP contribution in [0.1, 0.15) is 107 Å². The van der Waals surface area contributed by atoms with Crippen LogP contribution in [0.3, 0.4) is 0 Å². The van der Waals surface area contributed by atoms with E-state index in [0.29, 0.717) is 23.7 Å². The van der Waals surface area contributed by atoms with Crippen molar-refractivity contribution in [2.45, 2.75) is 85.6 Å². The molecule has 1 heterocycles. The summed E-state index contributed by atoms with van der Waals surface area (Å²) in [6.07, 6.45) is 1.89. The van der Waals surface area contributed by atoms with Crippen LogP contribution in [0.4, 0.5) is 11.4 Å².